The number of hydrogen-bond donors (Lipinski definition) is 1. The summed E-state index contributed by atoms with van der Waals surface area (Å²) in [6.45, 7) is 1.30. The average molecular weight is 422 g/mol. The average Bonchev–Trinajstić information content (AvgIpc) is 3.10. The summed E-state index contributed by atoms with van der Waals surface area (Å²) >= 11 is 1.17. The molecule has 1 heterocycles. The first kappa shape index (κ1) is 20.2. The molecular formula is C19H20FN3O3S2. The first-order valence-corrected chi connectivity index (χ1v) is 10.8. The van der Waals surface area contributed by atoms with E-state index in [2.05, 4.69) is 9.71 Å². The molecule has 3 rings (SSSR count). The van der Waals surface area contributed by atoms with Crippen molar-refractivity contribution in [1.29, 1.82) is 0 Å². The Labute approximate surface area is 167 Å². The molecule has 0 unspecified atom stereocenters. The Kier molecular flexibility index (Phi) is 6.28. The minimum Gasteiger partial charge on any atom is -0.492 e. The van der Waals surface area contributed by atoms with E-state index in [4.69, 9.17) is 4.74 Å². The number of aromatic nitrogens is 1. The standard InChI is InChI=1S/C19H20FN3O3S2/c1-23(2)11-12-26-18-6-4-3-5-16(18)17-13-27-19(21-17)22-28(24,25)15-9-7-14(20)8-10-15/h3-10,13H,11-12H2,1-2H3,(H,21,22). The molecule has 0 amide bonds. The lowest BCUT2D eigenvalue weighted by Crippen LogP contribution is -2.19. The van der Waals surface area contributed by atoms with Crippen molar-refractivity contribution in [3.63, 3.8) is 0 Å². The number of rotatable bonds is 8. The molecule has 1 N–H and O–H groups in total. The number of nitrogens with one attached hydrogen (secondary N) is 1. The Morgan fingerprint density at radius 2 is 1.86 bits per heavy atom. The summed E-state index contributed by atoms with van der Waals surface area (Å²) in [5, 5.41) is 1.99. The zero-order chi connectivity index (χ0) is 20.1. The van der Waals surface area contributed by atoms with E-state index in [-0.39, 0.29) is 10.0 Å². The van der Waals surface area contributed by atoms with Crippen molar-refractivity contribution in [3.8, 4) is 17.0 Å². The number of ether oxygens (including phenoxy) is 1. The number of likely N-dealkylation sites (N-methyl/N-ethyl adjacent to an activating group) is 1. The normalized spacial score (nSPS) is 11.6. The van der Waals surface area contributed by atoms with Crippen LogP contribution in [0.15, 0.2) is 58.8 Å². The molecule has 28 heavy (non-hydrogen) atoms. The summed E-state index contributed by atoms with van der Waals surface area (Å²) in [5.74, 6) is 0.184. The predicted molar refractivity (Wildman–Crippen MR) is 109 cm³/mol. The molecule has 3 aromatic rings. The fourth-order valence-corrected chi connectivity index (χ4v) is 4.34. The molecule has 0 aliphatic rings. The fourth-order valence-electron chi connectivity index (χ4n) is 2.37. The van der Waals surface area contributed by atoms with Crippen molar-refractivity contribution in [1.82, 2.24) is 9.88 Å². The van der Waals surface area contributed by atoms with Crippen molar-refractivity contribution in [2.75, 3.05) is 32.0 Å². The van der Waals surface area contributed by atoms with Crippen LogP contribution in [0, 0.1) is 5.82 Å². The van der Waals surface area contributed by atoms with Gasteiger partial charge in [-0.05, 0) is 50.5 Å². The second-order valence-corrected chi connectivity index (χ2v) is 8.79. The number of halogens is 1. The summed E-state index contributed by atoms with van der Waals surface area (Å²) in [5.41, 5.74) is 1.40. The van der Waals surface area contributed by atoms with Crippen LogP contribution in [0.2, 0.25) is 0 Å². The zero-order valence-corrected chi connectivity index (χ0v) is 17.1. The maximum absolute atomic E-state index is 13.0. The minimum absolute atomic E-state index is 0.0296. The van der Waals surface area contributed by atoms with Crippen LogP contribution >= 0.6 is 11.3 Å². The van der Waals surface area contributed by atoms with Gasteiger partial charge in [-0.15, -0.1) is 11.3 Å². The molecule has 0 aliphatic carbocycles. The summed E-state index contributed by atoms with van der Waals surface area (Å²) in [6, 6.07) is 12.1. The van der Waals surface area contributed by atoms with E-state index in [0.717, 1.165) is 24.2 Å². The lowest BCUT2D eigenvalue weighted by atomic mass is 10.1. The molecule has 0 atom stereocenters. The summed E-state index contributed by atoms with van der Waals surface area (Å²) in [6.07, 6.45) is 0. The molecule has 2 aromatic carbocycles. The molecule has 9 heteroatoms. The number of para-hydroxylation sites is 1. The minimum atomic E-state index is -3.84. The van der Waals surface area contributed by atoms with E-state index in [0.29, 0.717) is 18.1 Å². The van der Waals surface area contributed by atoms with Crippen molar-refractivity contribution in [2.24, 2.45) is 0 Å². The maximum Gasteiger partial charge on any atom is 0.263 e. The van der Waals surface area contributed by atoms with E-state index >= 15 is 0 Å². The SMILES string of the molecule is CN(C)CCOc1ccccc1-c1csc(NS(=O)(=O)c2ccc(F)cc2)n1. The molecule has 148 valence electrons. The van der Waals surface area contributed by atoms with Gasteiger partial charge in [0.2, 0.25) is 0 Å². The van der Waals surface area contributed by atoms with Gasteiger partial charge in [0.25, 0.3) is 10.0 Å². The van der Waals surface area contributed by atoms with Crippen LogP contribution in [0.25, 0.3) is 11.3 Å². The Morgan fingerprint density at radius 1 is 1.14 bits per heavy atom. The third-order valence-electron chi connectivity index (χ3n) is 3.81. The zero-order valence-electron chi connectivity index (χ0n) is 15.4. The maximum atomic E-state index is 13.0. The van der Waals surface area contributed by atoms with Gasteiger partial charge in [-0.3, -0.25) is 4.72 Å². The highest BCUT2D eigenvalue weighted by Gasteiger charge is 2.17. The van der Waals surface area contributed by atoms with Crippen LogP contribution in [0.1, 0.15) is 0 Å². The Morgan fingerprint density at radius 3 is 2.57 bits per heavy atom. The van der Waals surface area contributed by atoms with Crippen molar-refractivity contribution < 1.29 is 17.5 Å². The second-order valence-electron chi connectivity index (χ2n) is 6.25. The molecule has 1 aromatic heterocycles. The highest BCUT2D eigenvalue weighted by molar-refractivity contribution is 7.93. The van der Waals surface area contributed by atoms with E-state index in [1.54, 1.807) is 5.38 Å². The second kappa shape index (κ2) is 8.68. The van der Waals surface area contributed by atoms with Crippen molar-refractivity contribution >= 4 is 26.5 Å². The highest BCUT2D eigenvalue weighted by Crippen LogP contribution is 2.32. The molecule has 0 aliphatic heterocycles. The molecule has 0 saturated heterocycles. The van der Waals surface area contributed by atoms with Gasteiger partial charge in [-0.25, -0.2) is 17.8 Å². The quantitative estimate of drug-likeness (QED) is 0.601. The van der Waals surface area contributed by atoms with Gasteiger partial charge in [-0.2, -0.15) is 0 Å². The molecule has 0 fully saturated rings. The van der Waals surface area contributed by atoms with Crippen LogP contribution in [0.4, 0.5) is 9.52 Å². The van der Waals surface area contributed by atoms with E-state index in [1.807, 2.05) is 43.3 Å². The summed E-state index contributed by atoms with van der Waals surface area (Å²) < 4.78 is 46.2. The van der Waals surface area contributed by atoms with Crippen molar-refractivity contribution in [2.45, 2.75) is 4.90 Å². The van der Waals surface area contributed by atoms with E-state index in [1.165, 1.54) is 23.5 Å². The van der Waals surface area contributed by atoms with Gasteiger partial charge in [0.15, 0.2) is 5.13 Å². The van der Waals surface area contributed by atoms with E-state index in [9.17, 15) is 12.8 Å². The first-order valence-electron chi connectivity index (χ1n) is 8.46. The smallest absolute Gasteiger partial charge is 0.263 e. The topological polar surface area (TPSA) is 71.5 Å². The molecular weight excluding hydrogens is 401 g/mol. The number of benzene rings is 2. The lowest BCUT2D eigenvalue weighted by molar-refractivity contribution is 0.262. The Bertz CT molecular complexity index is 1030. The van der Waals surface area contributed by atoms with Gasteiger partial charge in [-0.1, -0.05) is 12.1 Å². The molecule has 0 spiro atoms. The van der Waals surface area contributed by atoms with Gasteiger partial charge in [0.1, 0.15) is 18.2 Å². The van der Waals surface area contributed by atoms with E-state index < -0.39 is 15.8 Å². The van der Waals surface area contributed by atoms with Gasteiger partial charge in [0.05, 0.1) is 10.6 Å². The monoisotopic (exact) mass is 421 g/mol. The Hall–Kier alpha value is -2.49. The van der Waals surface area contributed by atoms with Gasteiger partial charge >= 0.3 is 0 Å². The van der Waals surface area contributed by atoms with Crippen LogP contribution < -0.4 is 9.46 Å². The fraction of sp³-hybridized carbons (Fsp3) is 0.211. The van der Waals surface area contributed by atoms with Crippen LogP contribution in [-0.4, -0.2) is 45.5 Å². The molecule has 0 radical (unpaired) electrons. The summed E-state index contributed by atoms with van der Waals surface area (Å²) in [4.78, 5) is 6.37. The predicted octanol–water partition coefficient (Wildman–Crippen LogP) is 3.69. The van der Waals surface area contributed by atoms with Crippen LogP contribution in [-0.2, 0) is 10.0 Å². The molecule has 0 bridgehead atoms. The molecule has 6 nitrogen and oxygen atoms in total. The molecule has 0 saturated carbocycles. The number of nitrogens with zero attached hydrogens (tertiary/aromatic N) is 2. The number of hydrogen-bond acceptors (Lipinski definition) is 6. The number of sulfonamides is 1. The van der Waals surface area contributed by atoms with Crippen molar-refractivity contribution in [3.05, 3.63) is 59.7 Å². The van der Waals surface area contributed by atoms with Crippen LogP contribution in [0.3, 0.4) is 0 Å². The number of anilines is 1. The number of thiazole rings is 1. The lowest BCUT2D eigenvalue weighted by Gasteiger charge is -2.13. The highest BCUT2D eigenvalue weighted by atomic mass is 32.2. The first-order chi connectivity index (χ1) is 13.3. The summed E-state index contributed by atoms with van der Waals surface area (Å²) in [7, 11) is 0.0966. The third kappa shape index (κ3) is 5.06. The third-order valence-corrected chi connectivity index (χ3v) is 6.05. The van der Waals surface area contributed by atoms with Gasteiger partial charge < -0.3 is 9.64 Å². The van der Waals surface area contributed by atoms with Crippen LogP contribution in [0.5, 0.6) is 5.75 Å². The Balaban J connectivity index is 1.78. The van der Waals surface area contributed by atoms with Gasteiger partial charge in [0, 0.05) is 17.5 Å². The largest absolute Gasteiger partial charge is 0.492 e.